The zero-order valence-corrected chi connectivity index (χ0v) is 14.2. The van der Waals surface area contributed by atoms with Crippen LogP contribution in [-0.2, 0) is 22.6 Å². The van der Waals surface area contributed by atoms with Crippen molar-refractivity contribution in [1.82, 2.24) is 15.5 Å². The van der Waals surface area contributed by atoms with E-state index < -0.39 is 6.04 Å². The molecule has 2 saturated heterocycles. The van der Waals surface area contributed by atoms with E-state index in [1.807, 2.05) is 12.1 Å². The Hall–Kier alpha value is -2.21. The zero-order chi connectivity index (χ0) is 17.4. The molecule has 4 rings (SSSR count). The zero-order valence-electron chi connectivity index (χ0n) is 14.2. The Morgan fingerprint density at radius 1 is 1.08 bits per heavy atom. The minimum Gasteiger partial charge on any atom is -0.322 e. The van der Waals surface area contributed by atoms with E-state index in [0.717, 1.165) is 25.1 Å². The van der Waals surface area contributed by atoms with Crippen LogP contribution in [0.25, 0.3) is 0 Å². The number of rotatable bonds is 3. The van der Waals surface area contributed by atoms with Crippen LogP contribution in [0.2, 0.25) is 0 Å². The molecule has 0 bridgehead atoms. The summed E-state index contributed by atoms with van der Waals surface area (Å²) in [7, 11) is 0. The van der Waals surface area contributed by atoms with Crippen LogP contribution in [0.15, 0.2) is 18.2 Å². The number of benzene rings is 1. The molecule has 3 aliphatic heterocycles. The highest BCUT2D eigenvalue weighted by molar-refractivity contribution is 6.05. The van der Waals surface area contributed by atoms with Crippen LogP contribution in [0.5, 0.6) is 0 Å². The molecule has 0 spiro atoms. The van der Waals surface area contributed by atoms with Gasteiger partial charge in [0, 0.05) is 18.5 Å². The maximum absolute atomic E-state index is 12.7. The lowest BCUT2D eigenvalue weighted by atomic mass is 9.90. The highest BCUT2D eigenvalue weighted by Gasteiger charge is 2.39. The fourth-order valence-electron chi connectivity index (χ4n) is 4.17. The van der Waals surface area contributed by atoms with Crippen molar-refractivity contribution in [1.29, 1.82) is 0 Å². The molecular weight excluding hydrogens is 318 g/mol. The summed E-state index contributed by atoms with van der Waals surface area (Å²) in [5.41, 5.74) is 2.96. The van der Waals surface area contributed by atoms with Gasteiger partial charge >= 0.3 is 0 Å². The molecule has 3 amide bonds. The normalized spacial score (nSPS) is 24.4. The first-order valence-corrected chi connectivity index (χ1v) is 9.09. The maximum atomic E-state index is 12.7. The number of piperidine rings is 2. The molecule has 6 heteroatoms. The van der Waals surface area contributed by atoms with E-state index in [2.05, 4.69) is 16.7 Å². The molecular formula is C19H23N3O3. The monoisotopic (exact) mass is 341 g/mol. The smallest absolute Gasteiger partial charge is 0.255 e. The summed E-state index contributed by atoms with van der Waals surface area (Å²) in [6.07, 6.45) is 4.13. The molecule has 0 aromatic heterocycles. The van der Waals surface area contributed by atoms with E-state index in [-0.39, 0.29) is 24.1 Å². The van der Waals surface area contributed by atoms with Gasteiger partial charge in [0.05, 0.1) is 0 Å². The molecule has 2 fully saturated rings. The number of carbonyl (C=O) groups excluding carboxylic acids is 3. The van der Waals surface area contributed by atoms with E-state index in [0.29, 0.717) is 24.4 Å². The van der Waals surface area contributed by atoms with Crippen molar-refractivity contribution in [3.63, 3.8) is 0 Å². The average Bonchev–Trinajstić information content (AvgIpc) is 2.92. The first-order valence-electron chi connectivity index (χ1n) is 9.09. The number of fused-ring (bicyclic) bond motifs is 1. The Labute approximate surface area is 147 Å². The van der Waals surface area contributed by atoms with Crippen LogP contribution in [0, 0.1) is 5.92 Å². The third-order valence-electron chi connectivity index (χ3n) is 5.57. The minimum absolute atomic E-state index is 0.0992. The Morgan fingerprint density at radius 2 is 1.88 bits per heavy atom. The number of carbonyl (C=O) groups is 3. The summed E-state index contributed by atoms with van der Waals surface area (Å²) in [6, 6.07) is 5.54. The van der Waals surface area contributed by atoms with Gasteiger partial charge in [0.2, 0.25) is 11.8 Å². The second-order valence-corrected chi connectivity index (χ2v) is 7.29. The van der Waals surface area contributed by atoms with Crippen LogP contribution in [0.4, 0.5) is 0 Å². The van der Waals surface area contributed by atoms with Gasteiger partial charge in [0.25, 0.3) is 5.91 Å². The van der Waals surface area contributed by atoms with Gasteiger partial charge in [-0.2, -0.15) is 0 Å². The molecule has 3 heterocycles. The fraction of sp³-hybridized carbons (Fsp3) is 0.526. The minimum atomic E-state index is -0.537. The number of nitrogens with one attached hydrogen (secondary N) is 2. The summed E-state index contributed by atoms with van der Waals surface area (Å²) in [5, 5.41) is 5.73. The number of amides is 3. The number of imide groups is 1. The topological polar surface area (TPSA) is 78.5 Å². The van der Waals surface area contributed by atoms with E-state index in [4.69, 9.17) is 0 Å². The lowest BCUT2D eigenvalue weighted by molar-refractivity contribution is -0.136. The molecule has 3 aliphatic rings. The molecule has 0 radical (unpaired) electrons. The van der Waals surface area contributed by atoms with Crippen LogP contribution in [-0.4, -0.2) is 41.8 Å². The van der Waals surface area contributed by atoms with Crippen molar-refractivity contribution in [3.8, 4) is 0 Å². The fourth-order valence-corrected chi connectivity index (χ4v) is 4.17. The number of hydrogen-bond donors (Lipinski definition) is 2. The summed E-state index contributed by atoms with van der Waals surface area (Å²) >= 11 is 0. The third kappa shape index (κ3) is 3.18. The van der Waals surface area contributed by atoms with Gasteiger partial charge in [-0.1, -0.05) is 12.1 Å². The molecule has 1 aromatic carbocycles. The quantitative estimate of drug-likeness (QED) is 0.804. The first kappa shape index (κ1) is 16.3. The Kier molecular flexibility index (Phi) is 4.29. The Morgan fingerprint density at radius 3 is 2.64 bits per heavy atom. The van der Waals surface area contributed by atoms with Crippen LogP contribution in [0.1, 0.15) is 47.2 Å². The summed E-state index contributed by atoms with van der Waals surface area (Å²) in [6.45, 7) is 2.62. The van der Waals surface area contributed by atoms with E-state index >= 15 is 0 Å². The SMILES string of the molecule is O=C1CCC(N2Cc3cc(CC4CCNCC4)ccc3C2=O)C(=O)N1. The lowest BCUT2D eigenvalue weighted by Gasteiger charge is -2.29. The van der Waals surface area contributed by atoms with Crippen molar-refractivity contribution in [2.24, 2.45) is 5.92 Å². The van der Waals surface area contributed by atoms with Gasteiger partial charge in [-0.15, -0.1) is 0 Å². The summed E-state index contributed by atoms with van der Waals surface area (Å²) < 4.78 is 0. The Balaban J connectivity index is 1.49. The molecule has 2 N–H and O–H groups in total. The second-order valence-electron chi connectivity index (χ2n) is 7.29. The van der Waals surface area contributed by atoms with Gasteiger partial charge in [0.15, 0.2) is 0 Å². The van der Waals surface area contributed by atoms with Crippen molar-refractivity contribution in [2.75, 3.05) is 13.1 Å². The number of nitrogens with zero attached hydrogens (tertiary/aromatic N) is 1. The van der Waals surface area contributed by atoms with E-state index in [1.165, 1.54) is 18.4 Å². The molecule has 25 heavy (non-hydrogen) atoms. The highest BCUT2D eigenvalue weighted by Crippen LogP contribution is 2.29. The summed E-state index contributed by atoms with van der Waals surface area (Å²) in [5.74, 6) is -0.0115. The van der Waals surface area contributed by atoms with Crippen LogP contribution in [0.3, 0.4) is 0 Å². The molecule has 132 valence electrons. The van der Waals surface area contributed by atoms with Crippen molar-refractivity contribution in [3.05, 3.63) is 34.9 Å². The Bertz CT molecular complexity index is 725. The maximum Gasteiger partial charge on any atom is 0.255 e. The van der Waals surface area contributed by atoms with E-state index in [9.17, 15) is 14.4 Å². The molecule has 1 aromatic rings. The van der Waals surface area contributed by atoms with E-state index in [1.54, 1.807) is 4.90 Å². The first-order chi connectivity index (χ1) is 12.1. The molecule has 1 atom stereocenters. The van der Waals surface area contributed by atoms with Crippen LogP contribution < -0.4 is 10.6 Å². The standard InChI is InChI=1S/C19H23N3O3/c23-17-4-3-16(18(24)21-17)22-11-14-10-13(1-2-15(14)19(22)25)9-12-5-7-20-8-6-12/h1-2,10,12,16,20H,3-9,11H2,(H,21,23,24). The van der Waals surface area contributed by atoms with Gasteiger partial charge in [0.1, 0.15) is 6.04 Å². The summed E-state index contributed by atoms with van der Waals surface area (Å²) in [4.78, 5) is 37.7. The van der Waals surface area contributed by atoms with Crippen molar-refractivity contribution < 1.29 is 14.4 Å². The molecule has 6 nitrogen and oxygen atoms in total. The second kappa shape index (κ2) is 6.59. The average molecular weight is 341 g/mol. The molecule has 0 saturated carbocycles. The lowest BCUT2D eigenvalue weighted by Crippen LogP contribution is -2.52. The molecule has 0 aliphatic carbocycles. The van der Waals surface area contributed by atoms with Crippen LogP contribution >= 0.6 is 0 Å². The van der Waals surface area contributed by atoms with Gasteiger partial charge in [-0.25, -0.2) is 0 Å². The van der Waals surface area contributed by atoms with Gasteiger partial charge in [-0.05, 0) is 61.9 Å². The predicted molar refractivity (Wildman–Crippen MR) is 91.8 cm³/mol. The predicted octanol–water partition coefficient (Wildman–Crippen LogP) is 0.990. The van der Waals surface area contributed by atoms with Gasteiger partial charge < -0.3 is 10.2 Å². The third-order valence-corrected chi connectivity index (χ3v) is 5.57. The van der Waals surface area contributed by atoms with Gasteiger partial charge in [-0.3, -0.25) is 19.7 Å². The van der Waals surface area contributed by atoms with Crippen molar-refractivity contribution >= 4 is 17.7 Å². The molecule has 1 unspecified atom stereocenters. The highest BCUT2D eigenvalue weighted by atomic mass is 16.2. The largest absolute Gasteiger partial charge is 0.322 e. The number of hydrogen-bond acceptors (Lipinski definition) is 4. The van der Waals surface area contributed by atoms with Crippen molar-refractivity contribution in [2.45, 2.75) is 44.7 Å².